The topological polar surface area (TPSA) is 26.0 Å². The van der Waals surface area contributed by atoms with E-state index in [0.29, 0.717) is 11.5 Å². The van der Waals surface area contributed by atoms with E-state index in [-0.39, 0.29) is 12.0 Å². The quantitative estimate of drug-likeness (QED) is 0.774. The summed E-state index contributed by atoms with van der Waals surface area (Å²) in [5.74, 6) is -0.423. The number of halogens is 2. The van der Waals surface area contributed by atoms with Gasteiger partial charge in [-0.1, -0.05) is 6.07 Å². The van der Waals surface area contributed by atoms with Crippen LogP contribution in [0.2, 0.25) is 0 Å². The van der Waals surface area contributed by atoms with Crippen LogP contribution in [0.1, 0.15) is 24.8 Å². The average Bonchev–Trinajstić information content (AvgIpc) is 2.83. The number of hydrogen-bond acceptors (Lipinski definition) is 1. The van der Waals surface area contributed by atoms with Crippen LogP contribution in [0, 0.1) is 17.6 Å². The molecule has 1 saturated carbocycles. The van der Waals surface area contributed by atoms with Crippen LogP contribution in [0.3, 0.4) is 0 Å². The Morgan fingerprint density at radius 1 is 1.43 bits per heavy atom. The van der Waals surface area contributed by atoms with Crippen LogP contribution < -0.4 is 5.73 Å². The molecule has 0 amide bonds. The van der Waals surface area contributed by atoms with Crippen molar-refractivity contribution in [3.05, 3.63) is 35.4 Å². The Morgan fingerprint density at radius 3 is 2.64 bits per heavy atom. The summed E-state index contributed by atoms with van der Waals surface area (Å²) in [5, 5.41) is 0. The predicted molar refractivity (Wildman–Crippen MR) is 50.9 cm³/mol. The maximum absolute atomic E-state index is 13.3. The normalized spacial score (nSPS) is 27.4. The van der Waals surface area contributed by atoms with Gasteiger partial charge in [0.1, 0.15) is 11.6 Å². The minimum absolute atomic E-state index is 0.0875. The molecule has 1 aliphatic carbocycles. The van der Waals surface area contributed by atoms with Crippen molar-refractivity contribution in [2.45, 2.75) is 25.3 Å². The standard InChI is InChI=1S/C11H13F2N/c1-6(14)9-5-10(9)8-3-2-7(12)4-11(8)13/h2-4,6,9-10H,5,14H2,1H3. The molecule has 3 atom stereocenters. The van der Waals surface area contributed by atoms with E-state index in [0.717, 1.165) is 12.5 Å². The molecule has 1 aliphatic rings. The Hall–Kier alpha value is -0.960. The van der Waals surface area contributed by atoms with Gasteiger partial charge in [0, 0.05) is 12.1 Å². The highest BCUT2D eigenvalue weighted by Crippen LogP contribution is 2.49. The van der Waals surface area contributed by atoms with Gasteiger partial charge in [0.25, 0.3) is 0 Å². The first-order valence-electron chi connectivity index (χ1n) is 4.80. The van der Waals surface area contributed by atoms with Crippen LogP contribution in [0.15, 0.2) is 18.2 Å². The van der Waals surface area contributed by atoms with Crippen LogP contribution in [-0.4, -0.2) is 6.04 Å². The third-order valence-corrected chi connectivity index (χ3v) is 2.88. The molecule has 76 valence electrons. The first kappa shape index (κ1) is 9.59. The second-order valence-electron chi connectivity index (χ2n) is 4.03. The molecule has 2 N–H and O–H groups in total. The molecule has 0 aliphatic heterocycles. The lowest BCUT2D eigenvalue weighted by molar-refractivity contribution is 0.563. The summed E-state index contributed by atoms with van der Waals surface area (Å²) in [5.41, 5.74) is 6.31. The summed E-state index contributed by atoms with van der Waals surface area (Å²) in [7, 11) is 0. The Bertz CT molecular complexity index is 349. The fraction of sp³-hybridized carbons (Fsp3) is 0.455. The Morgan fingerprint density at radius 2 is 2.14 bits per heavy atom. The van der Waals surface area contributed by atoms with Gasteiger partial charge >= 0.3 is 0 Å². The van der Waals surface area contributed by atoms with E-state index in [2.05, 4.69) is 0 Å². The van der Waals surface area contributed by atoms with Gasteiger partial charge < -0.3 is 5.73 Å². The maximum Gasteiger partial charge on any atom is 0.129 e. The van der Waals surface area contributed by atoms with E-state index in [1.54, 1.807) is 0 Å². The first-order chi connectivity index (χ1) is 6.59. The van der Waals surface area contributed by atoms with Crippen LogP contribution in [-0.2, 0) is 0 Å². The zero-order chi connectivity index (χ0) is 10.3. The van der Waals surface area contributed by atoms with Crippen LogP contribution in [0.25, 0.3) is 0 Å². The van der Waals surface area contributed by atoms with Crippen molar-refractivity contribution in [2.75, 3.05) is 0 Å². The molecule has 14 heavy (non-hydrogen) atoms. The summed E-state index contributed by atoms with van der Waals surface area (Å²) in [6.45, 7) is 1.92. The molecule has 0 spiro atoms. The largest absolute Gasteiger partial charge is 0.328 e. The lowest BCUT2D eigenvalue weighted by Crippen LogP contribution is -2.18. The second kappa shape index (κ2) is 3.31. The fourth-order valence-corrected chi connectivity index (χ4v) is 1.96. The lowest BCUT2D eigenvalue weighted by atomic mass is 10.1. The fourth-order valence-electron chi connectivity index (χ4n) is 1.96. The van der Waals surface area contributed by atoms with Crippen molar-refractivity contribution in [3.8, 4) is 0 Å². The van der Waals surface area contributed by atoms with E-state index in [9.17, 15) is 8.78 Å². The SMILES string of the molecule is CC(N)C1CC1c1ccc(F)cc1F. The zero-order valence-electron chi connectivity index (χ0n) is 8.00. The summed E-state index contributed by atoms with van der Waals surface area (Å²) in [4.78, 5) is 0. The molecule has 1 fully saturated rings. The van der Waals surface area contributed by atoms with Gasteiger partial charge in [-0.2, -0.15) is 0 Å². The Kier molecular flexibility index (Phi) is 2.27. The van der Waals surface area contributed by atoms with Gasteiger partial charge in [-0.3, -0.25) is 0 Å². The smallest absolute Gasteiger partial charge is 0.129 e. The molecular weight excluding hydrogens is 184 g/mol. The van der Waals surface area contributed by atoms with E-state index >= 15 is 0 Å². The molecule has 0 aromatic heterocycles. The first-order valence-corrected chi connectivity index (χ1v) is 4.80. The van der Waals surface area contributed by atoms with Gasteiger partial charge in [0.05, 0.1) is 0 Å². The third kappa shape index (κ3) is 1.64. The van der Waals surface area contributed by atoms with Gasteiger partial charge in [-0.25, -0.2) is 8.78 Å². The van der Waals surface area contributed by atoms with Crippen molar-refractivity contribution in [2.24, 2.45) is 11.7 Å². The summed E-state index contributed by atoms with van der Waals surface area (Å²) in [6.07, 6.45) is 0.917. The van der Waals surface area contributed by atoms with Gasteiger partial charge in [-0.15, -0.1) is 0 Å². The monoisotopic (exact) mass is 197 g/mol. The number of benzene rings is 1. The highest BCUT2D eigenvalue weighted by Gasteiger charge is 2.42. The minimum atomic E-state index is -0.524. The summed E-state index contributed by atoms with van der Waals surface area (Å²) >= 11 is 0. The molecule has 0 radical (unpaired) electrons. The third-order valence-electron chi connectivity index (χ3n) is 2.88. The summed E-state index contributed by atoms with van der Waals surface area (Å²) < 4.78 is 25.9. The molecule has 0 bridgehead atoms. The summed E-state index contributed by atoms with van der Waals surface area (Å²) in [6, 6.07) is 3.85. The van der Waals surface area contributed by atoms with E-state index in [1.165, 1.54) is 12.1 Å². The number of nitrogens with two attached hydrogens (primary N) is 1. The van der Waals surface area contributed by atoms with E-state index in [1.807, 2.05) is 6.92 Å². The molecular formula is C11H13F2N. The highest BCUT2D eigenvalue weighted by atomic mass is 19.1. The van der Waals surface area contributed by atoms with Crippen molar-refractivity contribution >= 4 is 0 Å². The molecule has 3 unspecified atom stereocenters. The van der Waals surface area contributed by atoms with E-state index < -0.39 is 11.6 Å². The molecule has 0 heterocycles. The van der Waals surface area contributed by atoms with Crippen molar-refractivity contribution < 1.29 is 8.78 Å². The van der Waals surface area contributed by atoms with Crippen LogP contribution in [0.5, 0.6) is 0 Å². The molecule has 0 saturated heterocycles. The molecule has 1 aromatic carbocycles. The van der Waals surface area contributed by atoms with Crippen molar-refractivity contribution in [3.63, 3.8) is 0 Å². The number of hydrogen-bond donors (Lipinski definition) is 1. The highest BCUT2D eigenvalue weighted by molar-refractivity contribution is 5.28. The maximum atomic E-state index is 13.3. The van der Waals surface area contributed by atoms with Crippen molar-refractivity contribution in [1.82, 2.24) is 0 Å². The zero-order valence-corrected chi connectivity index (χ0v) is 8.00. The minimum Gasteiger partial charge on any atom is -0.328 e. The van der Waals surface area contributed by atoms with Gasteiger partial charge in [0.15, 0.2) is 0 Å². The molecule has 1 aromatic rings. The molecule has 1 nitrogen and oxygen atoms in total. The Balaban J connectivity index is 2.19. The predicted octanol–water partition coefficient (Wildman–Crippen LogP) is 2.42. The Labute approximate surface area is 81.9 Å². The second-order valence-corrected chi connectivity index (χ2v) is 4.03. The van der Waals surface area contributed by atoms with E-state index in [4.69, 9.17) is 5.73 Å². The molecule has 3 heteroatoms. The average molecular weight is 197 g/mol. The molecule has 2 rings (SSSR count). The van der Waals surface area contributed by atoms with Gasteiger partial charge in [-0.05, 0) is 36.8 Å². The van der Waals surface area contributed by atoms with Crippen LogP contribution >= 0.6 is 0 Å². The van der Waals surface area contributed by atoms with Crippen LogP contribution in [0.4, 0.5) is 8.78 Å². The number of rotatable bonds is 2. The lowest BCUT2D eigenvalue weighted by Gasteiger charge is -2.05. The van der Waals surface area contributed by atoms with Gasteiger partial charge in [0.2, 0.25) is 0 Å². The van der Waals surface area contributed by atoms with Crippen molar-refractivity contribution in [1.29, 1.82) is 0 Å².